The number of benzene rings is 3. The molecule has 7 rings (SSSR count). The molecular weight excluding hydrogens is 821 g/mol. The highest BCUT2D eigenvalue weighted by molar-refractivity contribution is 7.99. The van der Waals surface area contributed by atoms with Crippen molar-refractivity contribution in [2.75, 3.05) is 52.2 Å². The third kappa shape index (κ3) is 10.7. The molecule has 0 aromatic heterocycles. The highest BCUT2D eigenvalue weighted by Gasteiger charge is 2.65. The van der Waals surface area contributed by atoms with E-state index in [2.05, 4.69) is 37.4 Å². The second-order valence-corrected chi connectivity index (χ2v) is 17.4. The molecular formula is C50H62N2O10S. The van der Waals surface area contributed by atoms with Gasteiger partial charge in [-0.1, -0.05) is 60.5 Å². The number of allylic oxidation sites excluding steroid dienone is 1. The van der Waals surface area contributed by atoms with E-state index in [-0.39, 0.29) is 63.9 Å². The van der Waals surface area contributed by atoms with Crippen molar-refractivity contribution in [2.24, 2.45) is 22.9 Å². The largest absolute Gasteiger partial charge is 0.493 e. The summed E-state index contributed by atoms with van der Waals surface area (Å²) in [5.74, 6) is 1.43. The molecule has 0 saturated heterocycles. The lowest BCUT2D eigenvalue weighted by atomic mass is 9.55. The van der Waals surface area contributed by atoms with Crippen LogP contribution in [-0.4, -0.2) is 90.9 Å². The van der Waals surface area contributed by atoms with Gasteiger partial charge in [0.15, 0.2) is 11.5 Å². The molecule has 6 unspecified atom stereocenters. The van der Waals surface area contributed by atoms with Gasteiger partial charge >= 0.3 is 6.09 Å². The van der Waals surface area contributed by atoms with Gasteiger partial charge in [-0.3, -0.25) is 4.90 Å². The Morgan fingerprint density at radius 3 is 2.52 bits per heavy atom. The zero-order valence-electron chi connectivity index (χ0n) is 36.4. The Balaban J connectivity index is 1.38. The molecule has 4 aliphatic rings. The number of oxime groups is 1. The Labute approximate surface area is 375 Å². The first-order valence-corrected chi connectivity index (χ1v) is 23.4. The van der Waals surface area contributed by atoms with Gasteiger partial charge in [-0.05, 0) is 104 Å². The third-order valence-electron chi connectivity index (χ3n) is 12.3. The molecule has 2 heterocycles. The summed E-state index contributed by atoms with van der Waals surface area (Å²) in [4.78, 5) is 23.5. The first-order chi connectivity index (χ1) is 30.9. The number of carbonyl (C=O) groups is 1. The Bertz CT molecular complexity index is 2060. The standard InChI is InChI=1S/C50H62N2O10S/c1-4-7-26-57-49(55)52(33-35-19-21-44-45(29-35)59-34-58-44)46-32-42(51-61-6-3)40-30-36(15-11-13-23-53)39(18-12-14-24-54)47-41-31-37(56-27-28-63-38-16-9-8-10-17-38)20-22-43(41)62-50(46,48(40)47)60-25-5-2/h4-5,8-10,16-17,19-22,29-31,36,39,46-48,53-54H,1-2,6-7,11-15,18,23-28,32-34H2,3H3. The van der Waals surface area contributed by atoms with Crippen molar-refractivity contribution < 1.29 is 48.3 Å². The molecule has 0 radical (unpaired) electrons. The highest BCUT2D eigenvalue weighted by atomic mass is 32.2. The fourth-order valence-corrected chi connectivity index (χ4v) is 10.3. The number of fused-ring (bicyclic) bond motifs is 3. The molecule has 1 saturated carbocycles. The summed E-state index contributed by atoms with van der Waals surface area (Å²) in [7, 11) is 0. The lowest BCUT2D eigenvalue weighted by molar-refractivity contribution is -0.256. The zero-order chi connectivity index (χ0) is 44.0. The predicted octanol–water partition coefficient (Wildman–Crippen LogP) is 9.45. The Hall–Kier alpha value is -4.95. The number of carbonyl (C=O) groups excluding carboxylic acids is 1. The van der Waals surface area contributed by atoms with Crippen LogP contribution in [0.2, 0.25) is 0 Å². The number of aliphatic hydroxyl groups excluding tert-OH is 2. The zero-order valence-corrected chi connectivity index (χ0v) is 37.2. The van der Waals surface area contributed by atoms with E-state index in [1.54, 1.807) is 28.8 Å². The van der Waals surface area contributed by atoms with Crippen LogP contribution < -0.4 is 18.9 Å². The molecule has 63 heavy (non-hydrogen) atoms. The molecule has 3 aromatic rings. The molecule has 3 aromatic carbocycles. The maximum absolute atomic E-state index is 14.7. The van der Waals surface area contributed by atoms with E-state index in [0.29, 0.717) is 55.4 Å². The molecule has 12 nitrogen and oxygen atoms in total. The van der Waals surface area contributed by atoms with E-state index in [9.17, 15) is 15.0 Å². The molecule has 6 atom stereocenters. The Morgan fingerprint density at radius 2 is 1.75 bits per heavy atom. The van der Waals surface area contributed by atoms with Crippen LogP contribution >= 0.6 is 11.8 Å². The van der Waals surface area contributed by atoms with Crippen LogP contribution in [0.15, 0.2) is 114 Å². The minimum absolute atomic E-state index is 0.0659. The van der Waals surface area contributed by atoms with Crippen LogP contribution in [0, 0.1) is 17.8 Å². The van der Waals surface area contributed by atoms with Crippen molar-refractivity contribution >= 4 is 23.6 Å². The summed E-state index contributed by atoms with van der Waals surface area (Å²) >= 11 is 1.74. The highest BCUT2D eigenvalue weighted by Crippen LogP contribution is 2.62. The van der Waals surface area contributed by atoms with E-state index in [0.717, 1.165) is 53.9 Å². The second-order valence-electron chi connectivity index (χ2n) is 16.2. The molecule has 13 heteroatoms. The van der Waals surface area contributed by atoms with E-state index in [1.165, 1.54) is 4.90 Å². The quantitative estimate of drug-likeness (QED) is 0.0385. The number of amides is 1. The number of unbranched alkanes of at least 4 members (excludes halogenated alkanes) is 2. The van der Waals surface area contributed by atoms with Crippen molar-refractivity contribution in [3.8, 4) is 23.0 Å². The summed E-state index contributed by atoms with van der Waals surface area (Å²) in [6, 6.07) is 21.2. The Kier molecular flexibility index (Phi) is 16.5. The predicted molar refractivity (Wildman–Crippen MR) is 244 cm³/mol. The van der Waals surface area contributed by atoms with Crippen molar-refractivity contribution in [1.82, 2.24) is 4.90 Å². The van der Waals surface area contributed by atoms with Crippen LogP contribution in [0.4, 0.5) is 4.79 Å². The summed E-state index contributed by atoms with van der Waals surface area (Å²) in [5, 5.41) is 24.7. The number of nitrogens with zero attached hydrogens (tertiary/aromatic N) is 2. The molecule has 1 fully saturated rings. The first kappa shape index (κ1) is 46.1. The number of ether oxygens (including phenoxy) is 6. The van der Waals surface area contributed by atoms with Gasteiger partial charge in [-0.25, -0.2) is 4.79 Å². The van der Waals surface area contributed by atoms with Gasteiger partial charge in [0.2, 0.25) is 12.6 Å². The van der Waals surface area contributed by atoms with Gasteiger partial charge < -0.3 is 43.5 Å². The lowest BCUT2D eigenvalue weighted by Crippen LogP contribution is -2.70. The number of hydrogen-bond donors (Lipinski definition) is 2. The molecule has 338 valence electrons. The van der Waals surface area contributed by atoms with E-state index < -0.39 is 23.8 Å². The van der Waals surface area contributed by atoms with Gasteiger partial charge in [0.05, 0.1) is 31.5 Å². The van der Waals surface area contributed by atoms with Crippen molar-refractivity contribution in [1.29, 1.82) is 0 Å². The number of hydrogen-bond acceptors (Lipinski definition) is 12. The van der Waals surface area contributed by atoms with Crippen LogP contribution in [0.25, 0.3) is 0 Å². The minimum Gasteiger partial charge on any atom is -0.493 e. The first-order valence-electron chi connectivity index (χ1n) is 22.4. The topological polar surface area (TPSA) is 138 Å². The van der Waals surface area contributed by atoms with Gasteiger partial charge in [0.1, 0.15) is 24.1 Å². The summed E-state index contributed by atoms with van der Waals surface area (Å²) in [6.45, 7) is 11.4. The van der Waals surface area contributed by atoms with E-state index in [4.69, 9.17) is 38.4 Å². The monoisotopic (exact) mass is 882 g/mol. The Morgan fingerprint density at radius 1 is 0.952 bits per heavy atom. The fourth-order valence-electron chi connectivity index (χ4n) is 9.57. The molecule has 0 bridgehead atoms. The van der Waals surface area contributed by atoms with E-state index >= 15 is 0 Å². The van der Waals surface area contributed by atoms with Crippen molar-refractivity contribution in [2.45, 2.75) is 87.5 Å². The minimum atomic E-state index is -1.45. The van der Waals surface area contributed by atoms with E-state index in [1.807, 2.05) is 55.5 Å². The average Bonchev–Trinajstić information content (AvgIpc) is 3.78. The van der Waals surface area contributed by atoms with Crippen LogP contribution in [0.1, 0.15) is 75.3 Å². The second kappa shape index (κ2) is 22.6. The number of thioether (sulfide) groups is 1. The van der Waals surface area contributed by atoms with Gasteiger partial charge in [0.25, 0.3) is 0 Å². The maximum atomic E-state index is 14.7. The number of aliphatic hydroxyl groups is 2. The summed E-state index contributed by atoms with van der Waals surface area (Å²) in [5.41, 5.74) is 3.46. The number of rotatable bonds is 24. The summed E-state index contributed by atoms with van der Waals surface area (Å²) < 4.78 is 38.4. The van der Waals surface area contributed by atoms with Crippen LogP contribution in [0.3, 0.4) is 0 Å². The average molecular weight is 883 g/mol. The SMILES string of the molecule is C=CCCOC(=O)N(Cc1ccc2c(c1)OCO2)C1CC(=NOCC)C2=CC(CCCCO)C(CCCCO)C3c4cc(OCCSc5ccccc5)ccc4OC1(OCC=C)C23. The smallest absolute Gasteiger partial charge is 0.410 e. The third-order valence-corrected chi connectivity index (χ3v) is 13.2. The van der Waals surface area contributed by atoms with Crippen molar-refractivity contribution in [3.63, 3.8) is 0 Å². The maximum Gasteiger partial charge on any atom is 0.410 e. The lowest BCUT2D eigenvalue weighted by Gasteiger charge is -2.59. The van der Waals surface area contributed by atoms with Crippen LogP contribution in [-0.2, 0) is 20.9 Å². The fraction of sp³-hybridized carbons (Fsp3) is 0.480. The van der Waals surface area contributed by atoms with Crippen LogP contribution in [0.5, 0.6) is 23.0 Å². The van der Waals surface area contributed by atoms with Crippen molar-refractivity contribution in [3.05, 3.63) is 115 Å². The van der Waals surface area contributed by atoms with Gasteiger partial charge in [-0.2, -0.15) is 0 Å². The molecule has 0 spiro atoms. The van der Waals surface area contributed by atoms with Gasteiger partial charge in [0, 0.05) is 48.3 Å². The molecule has 2 aliphatic carbocycles. The normalized spacial score (nSPS) is 23.4. The summed E-state index contributed by atoms with van der Waals surface area (Å²) in [6.07, 6.45) is 10.6. The molecule has 2 aliphatic heterocycles. The molecule has 1 amide bonds. The molecule has 2 N–H and O–H groups in total. The van der Waals surface area contributed by atoms with Gasteiger partial charge in [-0.15, -0.1) is 24.9 Å².